The molecule has 0 spiro atoms. The molecule has 128 valence electrons. The number of thiazole rings is 1. The van der Waals surface area contributed by atoms with E-state index in [1.807, 2.05) is 35.8 Å². The van der Waals surface area contributed by atoms with Gasteiger partial charge in [-0.2, -0.15) is 0 Å². The summed E-state index contributed by atoms with van der Waals surface area (Å²) in [5.74, 6) is 0.801. The van der Waals surface area contributed by atoms with Gasteiger partial charge in [0, 0.05) is 17.8 Å². The summed E-state index contributed by atoms with van der Waals surface area (Å²) >= 11 is 1.55. The molecule has 0 fully saturated rings. The van der Waals surface area contributed by atoms with Gasteiger partial charge < -0.3 is 5.32 Å². The molecule has 0 aliphatic heterocycles. The lowest BCUT2D eigenvalue weighted by Gasteiger charge is -2.18. The van der Waals surface area contributed by atoms with E-state index < -0.39 is 0 Å². The monoisotopic (exact) mass is 382 g/mol. The van der Waals surface area contributed by atoms with Crippen LogP contribution >= 0.6 is 36.2 Å². The van der Waals surface area contributed by atoms with E-state index in [9.17, 15) is 0 Å². The van der Waals surface area contributed by atoms with Gasteiger partial charge in [-0.15, -0.1) is 36.2 Å². The van der Waals surface area contributed by atoms with Gasteiger partial charge >= 0.3 is 0 Å². The normalized spacial score (nSPS) is 10.5. The number of nitrogens with one attached hydrogen (secondary N) is 1. The fourth-order valence-electron chi connectivity index (χ4n) is 1.98. The molecule has 0 bridgehead atoms. The molecule has 0 unspecified atom stereocenters. The largest absolute Gasteiger partial charge is 0.316 e. The maximum absolute atomic E-state index is 4.55. The quantitative estimate of drug-likeness (QED) is 0.650. The van der Waals surface area contributed by atoms with Gasteiger partial charge in [-0.05, 0) is 29.2 Å². The molecule has 0 saturated heterocycles. The molecule has 3 aromatic heterocycles. The third-order valence-corrected chi connectivity index (χ3v) is 4.05. The van der Waals surface area contributed by atoms with Crippen LogP contribution in [0.4, 0.5) is 10.9 Å². The summed E-state index contributed by atoms with van der Waals surface area (Å²) in [5, 5.41) is 6.05. The minimum atomic E-state index is 0. The molecule has 0 saturated carbocycles. The molecular formula is C17H20Cl2N4S. The SMILES string of the molecule is CC(C)(C)c1ccc(Nc2nc(-c3ccccn3)cs2)nc1.Cl.Cl. The third-order valence-electron chi connectivity index (χ3n) is 3.30. The van der Waals surface area contributed by atoms with E-state index in [-0.39, 0.29) is 30.2 Å². The van der Waals surface area contributed by atoms with Crippen molar-refractivity contribution < 1.29 is 0 Å². The highest BCUT2D eigenvalue weighted by atomic mass is 35.5. The van der Waals surface area contributed by atoms with E-state index in [1.54, 1.807) is 17.5 Å². The van der Waals surface area contributed by atoms with Crippen molar-refractivity contribution in [1.82, 2.24) is 15.0 Å². The predicted molar refractivity (Wildman–Crippen MR) is 106 cm³/mol. The van der Waals surface area contributed by atoms with Crippen molar-refractivity contribution in [2.24, 2.45) is 0 Å². The summed E-state index contributed by atoms with van der Waals surface area (Å²) in [6.45, 7) is 6.53. The lowest BCUT2D eigenvalue weighted by Crippen LogP contribution is -2.11. The van der Waals surface area contributed by atoms with E-state index in [0.29, 0.717) is 0 Å². The van der Waals surface area contributed by atoms with Crippen molar-refractivity contribution in [3.63, 3.8) is 0 Å². The average molecular weight is 383 g/mol. The molecule has 24 heavy (non-hydrogen) atoms. The van der Waals surface area contributed by atoms with E-state index in [2.05, 4.69) is 47.1 Å². The van der Waals surface area contributed by atoms with Crippen LogP contribution in [0.2, 0.25) is 0 Å². The summed E-state index contributed by atoms with van der Waals surface area (Å²) in [6, 6.07) is 9.90. The van der Waals surface area contributed by atoms with Crippen LogP contribution in [0.15, 0.2) is 48.1 Å². The molecule has 0 amide bonds. The van der Waals surface area contributed by atoms with Crippen LogP contribution in [0.5, 0.6) is 0 Å². The summed E-state index contributed by atoms with van der Waals surface area (Å²) in [4.78, 5) is 13.3. The second-order valence-electron chi connectivity index (χ2n) is 6.06. The van der Waals surface area contributed by atoms with E-state index in [1.165, 1.54) is 5.56 Å². The van der Waals surface area contributed by atoms with E-state index >= 15 is 0 Å². The first-order valence-electron chi connectivity index (χ1n) is 7.13. The second kappa shape index (κ2) is 8.42. The van der Waals surface area contributed by atoms with Crippen LogP contribution in [-0.4, -0.2) is 15.0 Å². The van der Waals surface area contributed by atoms with Gasteiger partial charge in [0.2, 0.25) is 0 Å². The first kappa shape index (κ1) is 20.4. The van der Waals surface area contributed by atoms with Gasteiger partial charge in [-0.3, -0.25) is 4.98 Å². The first-order chi connectivity index (χ1) is 10.5. The zero-order valence-electron chi connectivity index (χ0n) is 13.7. The highest BCUT2D eigenvalue weighted by molar-refractivity contribution is 7.14. The zero-order valence-corrected chi connectivity index (χ0v) is 16.1. The summed E-state index contributed by atoms with van der Waals surface area (Å²) in [6.07, 6.45) is 3.68. The molecule has 7 heteroatoms. The number of rotatable bonds is 3. The molecule has 0 aromatic carbocycles. The Morgan fingerprint density at radius 3 is 2.33 bits per heavy atom. The van der Waals surface area contributed by atoms with Crippen LogP contribution < -0.4 is 5.32 Å². The Labute approximate surface area is 158 Å². The fraction of sp³-hybridized carbons (Fsp3) is 0.235. The molecule has 0 aliphatic rings. The lowest BCUT2D eigenvalue weighted by molar-refractivity contribution is 0.587. The summed E-state index contributed by atoms with van der Waals surface area (Å²) < 4.78 is 0. The van der Waals surface area contributed by atoms with Gasteiger partial charge in [0.1, 0.15) is 11.5 Å². The Hall–Kier alpha value is -1.69. The van der Waals surface area contributed by atoms with Gasteiger partial charge in [0.15, 0.2) is 5.13 Å². The van der Waals surface area contributed by atoms with Gasteiger partial charge in [0.25, 0.3) is 0 Å². The maximum atomic E-state index is 4.55. The number of hydrogen-bond donors (Lipinski definition) is 1. The molecule has 3 rings (SSSR count). The predicted octanol–water partition coefficient (Wildman–Crippen LogP) is 5.48. The number of aromatic nitrogens is 3. The van der Waals surface area contributed by atoms with Crippen molar-refractivity contribution in [3.8, 4) is 11.4 Å². The molecule has 1 N–H and O–H groups in total. The van der Waals surface area contributed by atoms with Gasteiger partial charge in [-0.1, -0.05) is 32.9 Å². The third kappa shape index (κ3) is 4.90. The van der Waals surface area contributed by atoms with Crippen LogP contribution in [-0.2, 0) is 5.41 Å². The molecule has 4 nitrogen and oxygen atoms in total. The minimum Gasteiger partial charge on any atom is -0.316 e. The Balaban J connectivity index is 0.00000144. The van der Waals surface area contributed by atoms with Crippen molar-refractivity contribution in [1.29, 1.82) is 0 Å². The highest BCUT2D eigenvalue weighted by Gasteiger charge is 2.14. The Bertz CT molecular complexity index is 752. The standard InChI is InChI=1S/C17H18N4S.2ClH/c1-17(2,3)12-7-8-15(19-10-12)21-16-20-14(11-22-16)13-6-4-5-9-18-13;;/h4-11H,1-3H3,(H,19,20,21);2*1H. The number of halogens is 2. The maximum Gasteiger partial charge on any atom is 0.188 e. The summed E-state index contributed by atoms with van der Waals surface area (Å²) in [5.41, 5.74) is 3.08. The van der Waals surface area contributed by atoms with Crippen molar-refractivity contribution in [2.75, 3.05) is 5.32 Å². The Kier molecular flexibility index (Phi) is 7.14. The molecule has 3 aromatic rings. The van der Waals surface area contributed by atoms with E-state index in [0.717, 1.165) is 22.3 Å². The number of nitrogens with zero attached hydrogens (tertiary/aromatic N) is 3. The molecule has 0 aliphatic carbocycles. The highest BCUT2D eigenvalue weighted by Crippen LogP contribution is 2.26. The lowest BCUT2D eigenvalue weighted by atomic mass is 9.88. The van der Waals surface area contributed by atoms with Crippen molar-refractivity contribution in [2.45, 2.75) is 26.2 Å². The molecule has 0 atom stereocenters. The molecular weight excluding hydrogens is 363 g/mol. The minimum absolute atomic E-state index is 0. The topological polar surface area (TPSA) is 50.7 Å². The second-order valence-corrected chi connectivity index (χ2v) is 6.92. The number of pyridine rings is 2. The number of anilines is 2. The van der Waals surface area contributed by atoms with Crippen molar-refractivity contribution in [3.05, 3.63) is 53.7 Å². The average Bonchev–Trinajstić information content (AvgIpc) is 2.96. The Morgan fingerprint density at radius 1 is 0.958 bits per heavy atom. The number of hydrogen-bond acceptors (Lipinski definition) is 5. The molecule has 0 radical (unpaired) electrons. The van der Waals surface area contributed by atoms with Crippen LogP contribution in [0.3, 0.4) is 0 Å². The van der Waals surface area contributed by atoms with Gasteiger partial charge in [0.05, 0.1) is 5.69 Å². The van der Waals surface area contributed by atoms with E-state index in [4.69, 9.17) is 0 Å². The fourth-order valence-corrected chi connectivity index (χ4v) is 2.70. The molecule has 3 heterocycles. The van der Waals surface area contributed by atoms with Gasteiger partial charge in [-0.25, -0.2) is 9.97 Å². The van der Waals surface area contributed by atoms with Crippen LogP contribution in [0, 0.1) is 0 Å². The first-order valence-corrected chi connectivity index (χ1v) is 8.01. The van der Waals surface area contributed by atoms with Crippen LogP contribution in [0.1, 0.15) is 26.3 Å². The zero-order chi connectivity index (χ0) is 15.6. The van der Waals surface area contributed by atoms with Crippen LogP contribution in [0.25, 0.3) is 11.4 Å². The smallest absolute Gasteiger partial charge is 0.188 e. The summed E-state index contributed by atoms with van der Waals surface area (Å²) in [7, 11) is 0. The van der Waals surface area contributed by atoms with Crippen molar-refractivity contribution >= 4 is 47.1 Å². The Morgan fingerprint density at radius 2 is 1.75 bits per heavy atom.